The Labute approximate surface area is 208 Å². The highest BCUT2D eigenvalue weighted by molar-refractivity contribution is 6.00. The molecule has 0 aromatic heterocycles. The summed E-state index contributed by atoms with van der Waals surface area (Å²) in [7, 11) is 0. The van der Waals surface area contributed by atoms with Crippen molar-refractivity contribution in [3.05, 3.63) is 46.1 Å². The summed E-state index contributed by atoms with van der Waals surface area (Å²) in [5.74, 6) is -0.543. The van der Waals surface area contributed by atoms with Crippen LogP contribution >= 0.6 is 0 Å². The summed E-state index contributed by atoms with van der Waals surface area (Å²) in [6, 6.07) is 1.48. The molecular formula is C28H39NO6. The van der Waals surface area contributed by atoms with Crippen molar-refractivity contribution in [2.75, 3.05) is 6.54 Å². The maximum absolute atomic E-state index is 12.9. The third-order valence-electron chi connectivity index (χ3n) is 7.06. The Bertz CT molecular complexity index is 1020. The number of nitrogens with zero attached hydrogens (tertiary/aromatic N) is 1. The standard InChI is InChI=1S/C28H39NO6/c1-18(2)9-7-10-19(3)11-8-13-28(4)24(31)16-21-23(30)15-20-22(26(21)35-28)17-29(27(20)34)14-6-5-12-25(32)33/h9,11,15,24,30-31H,5-8,10,12-14,16-17H2,1-4H3,(H,32,33)/b19-11+. The fourth-order valence-corrected chi connectivity index (χ4v) is 4.82. The van der Waals surface area contributed by atoms with Crippen LogP contribution in [0.2, 0.25) is 0 Å². The summed E-state index contributed by atoms with van der Waals surface area (Å²) >= 11 is 0. The van der Waals surface area contributed by atoms with Gasteiger partial charge in [0.05, 0.1) is 18.2 Å². The van der Waals surface area contributed by atoms with Gasteiger partial charge < -0.3 is 25.0 Å². The minimum absolute atomic E-state index is 0.0315. The number of rotatable bonds is 11. The molecule has 0 spiro atoms. The molecular weight excluding hydrogens is 446 g/mol. The molecule has 2 aliphatic heterocycles. The fourth-order valence-electron chi connectivity index (χ4n) is 4.82. The molecule has 1 amide bonds. The third kappa shape index (κ3) is 6.45. The van der Waals surface area contributed by atoms with Gasteiger partial charge in [0.2, 0.25) is 0 Å². The van der Waals surface area contributed by atoms with Gasteiger partial charge in [0.25, 0.3) is 5.91 Å². The predicted octanol–water partition coefficient (Wildman–Crippen LogP) is 5.13. The van der Waals surface area contributed by atoms with Crippen molar-refractivity contribution in [3.63, 3.8) is 0 Å². The van der Waals surface area contributed by atoms with Crippen molar-refractivity contribution < 1.29 is 29.6 Å². The highest BCUT2D eigenvalue weighted by atomic mass is 16.5. The van der Waals surface area contributed by atoms with Gasteiger partial charge in [-0.3, -0.25) is 9.59 Å². The zero-order valence-electron chi connectivity index (χ0n) is 21.4. The smallest absolute Gasteiger partial charge is 0.303 e. The number of ether oxygens (including phenoxy) is 1. The maximum atomic E-state index is 12.9. The Hall–Kier alpha value is -2.80. The van der Waals surface area contributed by atoms with Crippen LogP contribution in [0.3, 0.4) is 0 Å². The molecule has 192 valence electrons. The van der Waals surface area contributed by atoms with Crippen molar-refractivity contribution in [1.29, 1.82) is 0 Å². The normalized spacial score (nSPS) is 21.4. The minimum Gasteiger partial charge on any atom is -0.508 e. The number of hydrogen-bond acceptors (Lipinski definition) is 5. The number of benzene rings is 1. The number of aliphatic hydroxyl groups excluding tert-OH is 1. The Balaban J connectivity index is 1.71. The summed E-state index contributed by atoms with van der Waals surface area (Å²) in [4.78, 5) is 25.4. The maximum Gasteiger partial charge on any atom is 0.303 e. The molecule has 0 radical (unpaired) electrons. The van der Waals surface area contributed by atoms with Crippen LogP contribution in [0.4, 0.5) is 0 Å². The van der Waals surface area contributed by atoms with E-state index in [0.717, 1.165) is 24.8 Å². The summed E-state index contributed by atoms with van der Waals surface area (Å²) < 4.78 is 6.40. The number of fused-ring (bicyclic) bond motifs is 3. The Morgan fingerprint density at radius 3 is 2.60 bits per heavy atom. The number of phenols is 1. The van der Waals surface area contributed by atoms with Gasteiger partial charge in [-0.25, -0.2) is 0 Å². The number of carboxylic acid groups (broad SMARTS) is 1. The van der Waals surface area contributed by atoms with E-state index in [-0.39, 0.29) is 24.5 Å². The molecule has 3 rings (SSSR count). The summed E-state index contributed by atoms with van der Waals surface area (Å²) in [6.07, 6.45) is 8.48. The van der Waals surface area contributed by atoms with E-state index >= 15 is 0 Å². The number of aromatic hydroxyl groups is 1. The first-order chi connectivity index (χ1) is 16.5. The number of aliphatic hydroxyl groups is 1. The Morgan fingerprint density at radius 2 is 1.91 bits per heavy atom. The van der Waals surface area contributed by atoms with Gasteiger partial charge in [0.1, 0.15) is 17.1 Å². The second kappa shape index (κ2) is 11.3. The van der Waals surface area contributed by atoms with E-state index in [4.69, 9.17) is 9.84 Å². The molecule has 7 nitrogen and oxygen atoms in total. The molecule has 3 N–H and O–H groups in total. The number of allylic oxidation sites excluding steroid dienone is 4. The molecule has 0 fully saturated rings. The molecule has 0 bridgehead atoms. The number of aliphatic carboxylic acids is 1. The Morgan fingerprint density at radius 1 is 1.17 bits per heavy atom. The molecule has 1 aromatic rings. The highest BCUT2D eigenvalue weighted by Crippen LogP contribution is 2.46. The van der Waals surface area contributed by atoms with Gasteiger partial charge in [-0.05, 0) is 72.3 Å². The number of phenolic OH excluding ortho intramolecular Hbond substituents is 1. The van der Waals surface area contributed by atoms with E-state index in [1.165, 1.54) is 17.2 Å². The number of unbranched alkanes of at least 4 members (excludes halogenated alkanes) is 1. The number of amides is 1. The predicted molar refractivity (Wildman–Crippen MR) is 135 cm³/mol. The minimum atomic E-state index is -0.843. The molecule has 7 heteroatoms. The molecule has 2 aliphatic rings. The van der Waals surface area contributed by atoms with Crippen LogP contribution in [0.25, 0.3) is 0 Å². The molecule has 35 heavy (non-hydrogen) atoms. The van der Waals surface area contributed by atoms with E-state index < -0.39 is 17.7 Å². The van der Waals surface area contributed by atoms with Crippen LogP contribution in [0.15, 0.2) is 29.4 Å². The van der Waals surface area contributed by atoms with Gasteiger partial charge in [0.15, 0.2) is 0 Å². The van der Waals surface area contributed by atoms with Crippen LogP contribution < -0.4 is 4.74 Å². The summed E-state index contributed by atoms with van der Waals surface area (Å²) in [6.45, 7) is 9.02. The topological polar surface area (TPSA) is 107 Å². The van der Waals surface area contributed by atoms with E-state index in [9.17, 15) is 19.8 Å². The van der Waals surface area contributed by atoms with Gasteiger partial charge in [-0.15, -0.1) is 0 Å². The lowest BCUT2D eigenvalue weighted by atomic mass is 9.84. The zero-order chi connectivity index (χ0) is 25.8. The van der Waals surface area contributed by atoms with E-state index in [1.807, 2.05) is 6.92 Å². The quantitative estimate of drug-likeness (QED) is 0.296. The van der Waals surface area contributed by atoms with E-state index in [1.54, 1.807) is 4.90 Å². The zero-order valence-corrected chi connectivity index (χ0v) is 21.4. The number of carbonyl (C=O) groups is 2. The average molecular weight is 486 g/mol. The van der Waals surface area contributed by atoms with Gasteiger partial charge in [-0.1, -0.05) is 23.3 Å². The first kappa shape index (κ1) is 26.8. The second-order valence-corrected chi connectivity index (χ2v) is 10.4. The number of hydrogen-bond donors (Lipinski definition) is 3. The molecule has 1 aromatic carbocycles. The first-order valence-corrected chi connectivity index (χ1v) is 12.6. The van der Waals surface area contributed by atoms with Crippen molar-refractivity contribution in [1.82, 2.24) is 4.90 Å². The van der Waals surface area contributed by atoms with E-state index in [0.29, 0.717) is 49.2 Å². The van der Waals surface area contributed by atoms with Gasteiger partial charge in [0, 0.05) is 30.5 Å². The SMILES string of the molecule is CC(C)=CCC/C(C)=C/CCC1(C)Oc2c(c(O)cc3c2CN(CCCCC(=O)O)C3=O)CC1O. The first-order valence-electron chi connectivity index (χ1n) is 12.6. The molecule has 2 heterocycles. The van der Waals surface area contributed by atoms with Crippen molar-refractivity contribution in [3.8, 4) is 11.5 Å². The monoisotopic (exact) mass is 485 g/mol. The lowest BCUT2D eigenvalue weighted by Crippen LogP contribution is -2.49. The van der Waals surface area contributed by atoms with Crippen molar-refractivity contribution >= 4 is 11.9 Å². The molecule has 2 atom stereocenters. The molecule has 0 aliphatic carbocycles. The fraction of sp³-hybridized carbons (Fsp3) is 0.571. The highest BCUT2D eigenvalue weighted by Gasteiger charge is 2.44. The average Bonchev–Trinajstić information content (AvgIpc) is 3.08. The van der Waals surface area contributed by atoms with Crippen LogP contribution in [0.5, 0.6) is 11.5 Å². The molecule has 0 saturated carbocycles. The van der Waals surface area contributed by atoms with Gasteiger partial charge in [-0.2, -0.15) is 0 Å². The summed E-state index contributed by atoms with van der Waals surface area (Å²) in [5, 5.41) is 30.4. The van der Waals surface area contributed by atoms with Crippen LogP contribution in [0, 0.1) is 0 Å². The number of carboxylic acids is 1. The Kier molecular flexibility index (Phi) is 8.65. The van der Waals surface area contributed by atoms with Crippen molar-refractivity contribution in [2.45, 2.75) is 97.3 Å². The van der Waals surface area contributed by atoms with Gasteiger partial charge >= 0.3 is 5.97 Å². The number of carbonyl (C=O) groups excluding carboxylic acids is 1. The van der Waals surface area contributed by atoms with Crippen LogP contribution in [0.1, 0.15) is 94.1 Å². The van der Waals surface area contributed by atoms with Crippen LogP contribution in [-0.2, 0) is 17.8 Å². The lowest BCUT2D eigenvalue weighted by Gasteiger charge is -2.40. The molecule has 2 unspecified atom stereocenters. The third-order valence-corrected chi connectivity index (χ3v) is 7.06. The summed E-state index contributed by atoms with van der Waals surface area (Å²) in [5.41, 5.74) is 3.50. The van der Waals surface area contributed by atoms with E-state index in [2.05, 4.69) is 32.9 Å². The largest absolute Gasteiger partial charge is 0.508 e. The van der Waals surface area contributed by atoms with Crippen molar-refractivity contribution in [2.24, 2.45) is 0 Å². The van der Waals surface area contributed by atoms with Crippen LogP contribution in [-0.4, -0.2) is 50.3 Å². The molecule has 0 saturated heterocycles. The second-order valence-electron chi connectivity index (χ2n) is 10.4. The lowest BCUT2D eigenvalue weighted by molar-refractivity contribution is -0.137.